The summed E-state index contributed by atoms with van der Waals surface area (Å²) in [5.41, 5.74) is 0. The van der Waals surface area contributed by atoms with Crippen LogP contribution in [-0.4, -0.2) is 54.1 Å². The Bertz CT molecular complexity index is 311. The third-order valence-electron chi connectivity index (χ3n) is 3.70. The third-order valence-corrected chi connectivity index (χ3v) is 3.70. The molecule has 5 heteroatoms. The van der Waals surface area contributed by atoms with Crippen molar-refractivity contribution in [2.45, 2.75) is 32.9 Å². The zero-order valence-corrected chi connectivity index (χ0v) is 10.5. The number of carbonyl (C=O) groups is 2. The van der Waals surface area contributed by atoms with Gasteiger partial charge in [0.25, 0.3) is 0 Å². The maximum absolute atomic E-state index is 12.2. The van der Waals surface area contributed by atoms with Crippen LogP contribution in [0.5, 0.6) is 0 Å². The van der Waals surface area contributed by atoms with Crippen molar-refractivity contribution >= 4 is 11.8 Å². The smallest absolute Gasteiger partial charge is 0.227 e. The first-order chi connectivity index (χ1) is 8.09. The van der Waals surface area contributed by atoms with Gasteiger partial charge in [0.1, 0.15) is 6.23 Å². The standard InChI is InChI=1S/C12H20N2O3/c1-9(15)13-5-3-11(4-6-13)12(16)14-7-8-17-10(14)2/h10-11H,3-8H2,1-2H3. The molecule has 0 saturated carbocycles. The molecule has 2 fully saturated rings. The van der Waals surface area contributed by atoms with Gasteiger partial charge < -0.3 is 14.5 Å². The predicted octanol–water partition coefficient (Wildman–Crippen LogP) is 0.450. The van der Waals surface area contributed by atoms with E-state index in [1.54, 1.807) is 6.92 Å². The summed E-state index contributed by atoms with van der Waals surface area (Å²) in [5, 5.41) is 0. The molecule has 0 aromatic rings. The van der Waals surface area contributed by atoms with Gasteiger partial charge in [-0.05, 0) is 19.8 Å². The van der Waals surface area contributed by atoms with Crippen LogP contribution in [0.1, 0.15) is 26.7 Å². The van der Waals surface area contributed by atoms with Crippen molar-refractivity contribution < 1.29 is 14.3 Å². The highest BCUT2D eigenvalue weighted by molar-refractivity contribution is 5.80. The topological polar surface area (TPSA) is 49.9 Å². The van der Waals surface area contributed by atoms with Crippen LogP contribution in [0.15, 0.2) is 0 Å². The van der Waals surface area contributed by atoms with Crippen LogP contribution >= 0.6 is 0 Å². The number of ether oxygens (including phenoxy) is 1. The Morgan fingerprint density at radius 2 is 1.82 bits per heavy atom. The SMILES string of the molecule is CC(=O)N1CCC(C(=O)N2CCOC2C)CC1. The summed E-state index contributed by atoms with van der Waals surface area (Å²) in [7, 11) is 0. The Labute approximate surface area is 102 Å². The maximum atomic E-state index is 12.2. The van der Waals surface area contributed by atoms with Gasteiger partial charge >= 0.3 is 0 Å². The summed E-state index contributed by atoms with van der Waals surface area (Å²) >= 11 is 0. The molecule has 2 rings (SSSR count). The van der Waals surface area contributed by atoms with Crippen molar-refractivity contribution in [1.82, 2.24) is 9.80 Å². The van der Waals surface area contributed by atoms with Crippen LogP contribution in [0.3, 0.4) is 0 Å². The molecular weight excluding hydrogens is 220 g/mol. The molecule has 2 aliphatic rings. The Kier molecular flexibility index (Phi) is 3.66. The summed E-state index contributed by atoms with van der Waals surface area (Å²) in [6, 6.07) is 0. The Balaban J connectivity index is 1.88. The van der Waals surface area contributed by atoms with Crippen molar-refractivity contribution in [3.63, 3.8) is 0 Å². The van der Waals surface area contributed by atoms with E-state index < -0.39 is 0 Å². The molecule has 0 aliphatic carbocycles. The van der Waals surface area contributed by atoms with Gasteiger partial charge in [-0.3, -0.25) is 9.59 Å². The number of rotatable bonds is 1. The van der Waals surface area contributed by atoms with Gasteiger partial charge in [0.15, 0.2) is 0 Å². The first-order valence-corrected chi connectivity index (χ1v) is 6.27. The number of likely N-dealkylation sites (tertiary alicyclic amines) is 1. The minimum absolute atomic E-state index is 0.0646. The lowest BCUT2D eigenvalue weighted by atomic mass is 9.95. The quantitative estimate of drug-likeness (QED) is 0.668. The maximum Gasteiger partial charge on any atom is 0.227 e. The van der Waals surface area contributed by atoms with Crippen LogP contribution in [0.4, 0.5) is 0 Å². The average Bonchev–Trinajstić information content (AvgIpc) is 2.74. The second-order valence-corrected chi connectivity index (χ2v) is 4.78. The predicted molar refractivity (Wildman–Crippen MR) is 62.1 cm³/mol. The molecule has 2 aliphatic heterocycles. The molecule has 2 saturated heterocycles. The van der Waals surface area contributed by atoms with E-state index in [2.05, 4.69) is 0 Å². The highest BCUT2D eigenvalue weighted by Crippen LogP contribution is 2.22. The summed E-state index contributed by atoms with van der Waals surface area (Å²) in [4.78, 5) is 27.1. The minimum atomic E-state index is -0.0895. The van der Waals surface area contributed by atoms with Gasteiger partial charge in [0, 0.05) is 32.5 Å². The monoisotopic (exact) mass is 240 g/mol. The number of piperidine rings is 1. The molecule has 2 amide bonds. The zero-order valence-electron chi connectivity index (χ0n) is 10.5. The van der Waals surface area contributed by atoms with E-state index in [0.717, 1.165) is 12.8 Å². The molecule has 17 heavy (non-hydrogen) atoms. The number of hydrogen-bond donors (Lipinski definition) is 0. The van der Waals surface area contributed by atoms with E-state index in [4.69, 9.17) is 4.74 Å². The molecule has 1 unspecified atom stereocenters. The molecule has 0 N–H and O–H groups in total. The molecule has 0 aromatic carbocycles. The van der Waals surface area contributed by atoms with Crippen molar-refractivity contribution in [3.05, 3.63) is 0 Å². The van der Waals surface area contributed by atoms with Crippen LogP contribution in [-0.2, 0) is 14.3 Å². The van der Waals surface area contributed by atoms with Gasteiger partial charge in [-0.1, -0.05) is 0 Å². The van der Waals surface area contributed by atoms with E-state index in [1.165, 1.54) is 0 Å². The van der Waals surface area contributed by atoms with Gasteiger partial charge in [0.05, 0.1) is 6.61 Å². The van der Waals surface area contributed by atoms with Gasteiger partial charge in [-0.2, -0.15) is 0 Å². The summed E-state index contributed by atoms with van der Waals surface area (Å²) in [6.45, 7) is 6.24. The highest BCUT2D eigenvalue weighted by atomic mass is 16.5. The summed E-state index contributed by atoms with van der Waals surface area (Å²) in [6.07, 6.45) is 1.47. The van der Waals surface area contributed by atoms with Gasteiger partial charge in [-0.15, -0.1) is 0 Å². The second kappa shape index (κ2) is 5.04. The lowest BCUT2D eigenvalue weighted by Crippen LogP contribution is -2.44. The third kappa shape index (κ3) is 2.60. The molecule has 5 nitrogen and oxygen atoms in total. The van der Waals surface area contributed by atoms with E-state index in [0.29, 0.717) is 26.2 Å². The molecular formula is C12H20N2O3. The van der Waals surface area contributed by atoms with E-state index in [1.807, 2.05) is 16.7 Å². The van der Waals surface area contributed by atoms with Crippen molar-refractivity contribution in [1.29, 1.82) is 0 Å². The summed E-state index contributed by atoms with van der Waals surface area (Å²) < 4.78 is 5.38. The molecule has 0 bridgehead atoms. The molecule has 0 aromatic heterocycles. The lowest BCUT2D eigenvalue weighted by Gasteiger charge is -2.33. The van der Waals surface area contributed by atoms with Gasteiger partial charge in [-0.25, -0.2) is 0 Å². The van der Waals surface area contributed by atoms with Crippen LogP contribution in [0.25, 0.3) is 0 Å². The Morgan fingerprint density at radius 1 is 1.18 bits per heavy atom. The molecule has 1 atom stereocenters. The van der Waals surface area contributed by atoms with Crippen molar-refractivity contribution in [2.24, 2.45) is 5.92 Å². The largest absolute Gasteiger partial charge is 0.357 e. The Hall–Kier alpha value is -1.10. The van der Waals surface area contributed by atoms with E-state index in [-0.39, 0.29) is 24.0 Å². The van der Waals surface area contributed by atoms with Crippen LogP contribution in [0.2, 0.25) is 0 Å². The van der Waals surface area contributed by atoms with Crippen LogP contribution in [0, 0.1) is 5.92 Å². The number of nitrogens with zero attached hydrogens (tertiary/aromatic N) is 2. The fraction of sp³-hybridized carbons (Fsp3) is 0.833. The average molecular weight is 240 g/mol. The number of carbonyl (C=O) groups excluding carboxylic acids is 2. The van der Waals surface area contributed by atoms with E-state index >= 15 is 0 Å². The first-order valence-electron chi connectivity index (χ1n) is 6.27. The van der Waals surface area contributed by atoms with Crippen LogP contribution < -0.4 is 0 Å². The fourth-order valence-corrected chi connectivity index (χ4v) is 2.56. The van der Waals surface area contributed by atoms with Gasteiger partial charge in [0.2, 0.25) is 11.8 Å². The van der Waals surface area contributed by atoms with Crippen molar-refractivity contribution in [3.8, 4) is 0 Å². The zero-order chi connectivity index (χ0) is 12.4. The number of hydrogen-bond acceptors (Lipinski definition) is 3. The second-order valence-electron chi connectivity index (χ2n) is 4.78. The molecule has 2 heterocycles. The molecule has 0 spiro atoms. The highest BCUT2D eigenvalue weighted by Gasteiger charge is 2.33. The lowest BCUT2D eigenvalue weighted by molar-refractivity contribution is -0.143. The molecule has 96 valence electrons. The Morgan fingerprint density at radius 3 is 2.29 bits per heavy atom. The van der Waals surface area contributed by atoms with E-state index in [9.17, 15) is 9.59 Å². The fourth-order valence-electron chi connectivity index (χ4n) is 2.56. The minimum Gasteiger partial charge on any atom is -0.357 e. The summed E-state index contributed by atoms with van der Waals surface area (Å²) in [5.74, 6) is 0.363. The number of amides is 2. The van der Waals surface area contributed by atoms with Crippen molar-refractivity contribution in [2.75, 3.05) is 26.2 Å². The first kappa shape index (κ1) is 12.4. The molecule has 0 radical (unpaired) electrons. The normalized spacial score (nSPS) is 26.4.